The van der Waals surface area contributed by atoms with Gasteiger partial charge in [0.15, 0.2) is 0 Å². The zero-order valence-corrected chi connectivity index (χ0v) is 13.3. The molecule has 0 radical (unpaired) electrons. The minimum Gasteiger partial charge on any atom is -0.381 e. The fourth-order valence-corrected chi connectivity index (χ4v) is 2.70. The van der Waals surface area contributed by atoms with Gasteiger partial charge in [-0.15, -0.1) is 0 Å². The van der Waals surface area contributed by atoms with Gasteiger partial charge >= 0.3 is 0 Å². The van der Waals surface area contributed by atoms with Gasteiger partial charge in [0, 0.05) is 12.2 Å². The molecule has 0 heterocycles. The van der Waals surface area contributed by atoms with Crippen molar-refractivity contribution < 1.29 is 8.42 Å². The van der Waals surface area contributed by atoms with E-state index in [0.29, 0.717) is 6.54 Å². The molecule has 0 atom stereocenters. The van der Waals surface area contributed by atoms with Crippen LogP contribution in [0.2, 0.25) is 0 Å². The molecule has 0 aliphatic carbocycles. The van der Waals surface area contributed by atoms with Gasteiger partial charge in [0.25, 0.3) is 0 Å². The quantitative estimate of drug-likeness (QED) is 0.912. The summed E-state index contributed by atoms with van der Waals surface area (Å²) in [7, 11) is -3.69. The van der Waals surface area contributed by atoms with E-state index in [1.54, 1.807) is 12.1 Å². The molecule has 0 unspecified atom stereocenters. The number of benzene rings is 2. The summed E-state index contributed by atoms with van der Waals surface area (Å²) in [5.41, 5.74) is 5.06. The van der Waals surface area contributed by atoms with E-state index >= 15 is 0 Å². The first-order valence-electron chi connectivity index (χ1n) is 6.71. The topological polar surface area (TPSA) is 72.2 Å². The average Bonchev–Trinajstić information content (AvgIpc) is 2.41. The molecule has 2 rings (SSSR count). The summed E-state index contributed by atoms with van der Waals surface area (Å²) in [5, 5.41) is 8.49. The first kappa shape index (κ1) is 15.5. The Kier molecular flexibility index (Phi) is 4.34. The SMILES string of the molecule is Cc1ccc(CNc2cc(S(N)(=O)=O)cc(C)c2C)cc1. The smallest absolute Gasteiger partial charge is 0.238 e. The number of anilines is 1. The molecule has 0 aliphatic rings. The predicted molar refractivity (Wildman–Crippen MR) is 85.8 cm³/mol. The molecular formula is C16H20N2O2S. The van der Waals surface area contributed by atoms with Crippen LogP contribution in [-0.2, 0) is 16.6 Å². The van der Waals surface area contributed by atoms with Gasteiger partial charge in [0.2, 0.25) is 10.0 Å². The molecule has 0 bridgehead atoms. The summed E-state index contributed by atoms with van der Waals surface area (Å²) in [6.45, 7) is 6.51. The zero-order valence-electron chi connectivity index (χ0n) is 12.5. The molecule has 0 aliphatic heterocycles. The molecule has 2 aromatic carbocycles. The summed E-state index contributed by atoms with van der Waals surface area (Å²) in [5.74, 6) is 0. The summed E-state index contributed by atoms with van der Waals surface area (Å²) < 4.78 is 23.0. The second kappa shape index (κ2) is 5.87. The van der Waals surface area contributed by atoms with Crippen molar-refractivity contribution in [1.82, 2.24) is 0 Å². The van der Waals surface area contributed by atoms with Crippen molar-refractivity contribution in [2.75, 3.05) is 5.32 Å². The number of hydrogen-bond donors (Lipinski definition) is 2. The number of nitrogens with two attached hydrogens (primary N) is 1. The summed E-state index contributed by atoms with van der Waals surface area (Å²) >= 11 is 0. The zero-order chi connectivity index (χ0) is 15.6. The highest BCUT2D eigenvalue weighted by atomic mass is 32.2. The maximum atomic E-state index is 11.5. The van der Waals surface area contributed by atoms with Crippen LogP contribution in [0.4, 0.5) is 5.69 Å². The Hall–Kier alpha value is -1.85. The number of aryl methyl sites for hydroxylation is 2. The third kappa shape index (κ3) is 3.83. The molecule has 5 heteroatoms. The van der Waals surface area contributed by atoms with E-state index in [1.807, 2.05) is 32.9 Å². The number of sulfonamides is 1. The van der Waals surface area contributed by atoms with Crippen molar-refractivity contribution in [3.05, 3.63) is 58.7 Å². The highest BCUT2D eigenvalue weighted by molar-refractivity contribution is 7.89. The molecule has 4 nitrogen and oxygen atoms in total. The van der Waals surface area contributed by atoms with Crippen LogP contribution in [0.25, 0.3) is 0 Å². The highest BCUT2D eigenvalue weighted by Gasteiger charge is 2.12. The Labute approximate surface area is 126 Å². The largest absolute Gasteiger partial charge is 0.381 e. The second-order valence-corrected chi connectivity index (χ2v) is 6.86. The van der Waals surface area contributed by atoms with Crippen molar-refractivity contribution in [2.24, 2.45) is 5.14 Å². The Morgan fingerprint density at radius 2 is 1.67 bits per heavy atom. The Morgan fingerprint density at radius 3 is 2.24 bits per heavy atom. The first-order valence-corrected chi connectivity index (χ1v) is 8.25. The van der Waals surface area contributed by atoms with E-state index in [4.69, 9.17) is 5.14 Å². The Balaban J connectivity index is 2.27. The molecule has 0 fully saturated rings. The Bertz CT molecular complexity index is 751. The van der Waals surface area contributed by atoms with E-state index in [-0.39, 0.29) is 4.90 Å². The molecule has 2 aromatic rings. The van der Waals surface area contributed by atoms with E-state index in [0.717, 1.165) is 22.4 Å². The standard InChI is InChI=1S/C16H20N2O2S/c1-11-4-6-14(7-5-11)10-18-16-9-15(21(17,19)20)8-12(2)13(16)3/h4-9,18H,10H2,1-3H3,(H2,17,19,20). The maximum absolute atomic E-state index is 11.5. The van der Waals surface area contributed by atoms with Gasteiger partial charge in [0.1, 0.15) is 0 Å². The van der Waals surface area contributed by atoms with Crippen LogP contribution in [-0.4, -0.2) is 8.42 Å². The molecule has 21 heavy (non-hydrogen) atoms. The van der Waals surface area contributed by atoms with Crippen molar-refractivity contribution in [2.45, 2.75) is 32.2 Å². The lowest BCUT2D eigenvalue weighted by Crippen LogP contribution is -2.13. The third-order valence-electron chi connectivity index (χ3n) is 3.57. The van der Waals surface area contributed by atoms with Crippen LogP contribution in [0.5, 0.6) is 0 Å². The number of nitrogens with one attached hydrogen (secondary N) is 1. The summed E-state index contributed by atoms with van der Waals surface area (Å²) in [6, 6.07) is 11.4. The van der Waals surface area contributed by atoms with E-state index in [1.165, 1.54) is 5.56 Å². The van der Waals surface area contributed by atoms with Crippen molar-refractivity contribution >= 4 is 15.7 Å². The molecule has 112 valence electrons. The lowest BCUT2D eigenvalue weighted by atomic mass is 10.1. The van der Waals surface area contributed by atoms with Crippen molar-refractivity contribution in [3.8, 4) is 0 Å². The second-order valence-electron chi connectivity index (χ2n) is 5.30. The van der Waals surface area contributed by atoms with Gasteiger partial charge in [-0.05, 0) is 49.6 Å². The molecular weight excluding hydrogens is 284 g/mol. The van der Waals surface area contributed by atoms with Gasteiger partial charge in [0.05, 0.1) is 4.90 Å². The van der Waals surface area contributed by atoms with E-state index in [9.17, 15) is 8.42 Å². The maximum Gasteiger partial charge on any atom is 0.238 e. The molecule has 0 aromatic heterocycles. The van der Waals surface area contributed by atoms with Crippen LogP contribution >= 0.6 is 0 Å². The minimum absolute atomic E-state index is 0.136. The summed E-state index contributed by atoms with van der Waals surface area (Å²) in [4.78, 5) is 0.136. The van der Waals surface area contributed by atoms with Gasteiger partial charge in [-0.2, -0.15) is 0 Å². The lowest BCUT2D eigenvalue weighted by molar-refractivity contribution is 0.597. The molecule has 0 saturated heterocycles. The number of primary sulfonamides is 1. The normalized spacial score (nSPS) is 11.4. The van der Waals surface area contributed by atoms with Crippen LogP contribution < -0.4 is 10.5 Å². The highest BCUT2D eigenvalue weighted by Crippen LogP contribution is 2.24. The number of rotatable bonds is 4. The van der Waals surface area contributed by atoms with Gasteiger partial charge in [-0.1, -0.05) is 29.8 Å². The lowest BCUT2D eigenvalue weighted by Gasteiger charge is -2.14. The van der Waals surface area contributed by atoms with Crippen LogP contribution in [0.15, 0.2) is 41.3 Å². The number of hydrogen-bond acceptors (Lipinski definition) is 3. The average molecular weight is 304 g/mol. The predicted octanol–water partition coefficient (Wildman–Crippen LogP) is 2.87. The van der Waals surface area contributed by atoms with E-state index in [2.05, 4.69) is 17.4 Å². The van der Waals surface area contributed by atoms with Gasteiger partial charge in [-0.3, -0.25) is 0 Å². The molecule has 3 N–H and O–H groups in total. The van der Waals surface area contributed by atoms with Crippen molar-refractivity contribution in [1.29, 1.82) is 0 Å². The van der Waals surface area contributed by atoms with Crippen molar-refractivity contribution in [3.63, 3.8) is 0 Å². The van der Waals surface area contributed by atoms with Gasteiger partial charge in [-0.25, -0.2) is 13.6 Å². The summed E-state index contributed by atoms with van der Waals surface area (Å²) in [6.07, 6.45) is 0. The first-order chi connectivity index (χ1) is 9.77. The minimum atomic E-state index is -3.69. The Morgan fingerprint density at radius 1 is 1.05 bits per heavy atom. The van der Waals surface area contributed by atoms with Crippen LogP contribution in [0.1, 0.15) is 22.3 Å². The monoisotopic (exact) mass is 304 g/mol. The third-order valence-corrected chi connectivity index (χ3v) is 4.47. The fraction of sp³-hybridized carbons (Fsp3) is 0.250. The molecule has 0 spiro atoms. The van der Waals surface area contributed by atoms with Crippen LogP contribution in [0, 0.1) is 20.8 Å². The van der Waals surface area contributed by atoms with Gasteiger partial charge < -0.3 is 5.32 Å². The van der Waals surface area contributed by atoms with E-state index < -0.39 is 10.0 Å². The van der Waals surface area contributed by atoms with Crippen LogP contribution in [0.3, 0.4) is 0 Å². The molecule has 0 saturated carbocycles. The fourth-order valence-electron chi connectivity index (χ4n) is 2.08. The molecule has 0 amide bonds.